The third-order valence-electron chi connectivity index (χ3n) is 5.43. The Morgan fingerprint density at radius 2 is 1.85 bits per heavy atom. The summed E-state index contributed by atoms with van der Waals surface area (Å²) in [5.74, 6) is 0.420. The zero-order chi connectivity index (χ0) is 24.3. The van der Waals surface area contributed by atoms with Crippen molar-refractivity contribution in [3.63, 3.8) is 0 Å². The number of sulfonamides is 1. The Kier molecular flexibility index (Phi) is 6.76. The van der Waals surface area contributed by atoms with Gasteiger partial charge in [0.05, 0.1) is 30.8 Å². The molecule has 3 aromatic rings. The number of carbonyl (C=O) groups excluding carboxylic acids is 1. The first-order valence-electron chi connectivity index (χ1n) is 10.6. The highest BCUT2D eigenvalue weighted by Gasteiger charge is 2.37. The summed E-state index contributed by atoms with van der Waals surface area (Å²) < 4.78 is 44.6. The molecule has 178 valence electrons. The number of hydrogen-bond donors (Lipinski definition) is 1. The molecule has 1 atom stereocenters. The highest BCUT2D eigenvalue weighted by Crippen LogP contribution is 2.38. The molecule has 0 fully saturated rings. The van der Waals surface area contributed by atoms with E-state index >= 15 is 0 Å². The van der Waals surface area contributed by atoms with Gasteiger partial charge in [-0.1, -0.05) is 18.2 Å². The van der Waals surface area contributed by atoms with Crippen molar-refractivity contribution in [2.45, 2.75) is 24.5 Å². The molecule has 0 saturated carbocycles. The van der Waals surface area contributed by atoms with Crippen LogP contribution in [0.3, 0.4) is 0 Å². The van der Waals surface area contributed by atoms with E-state index in [1.165, 1.54) is 23.5 Å². The number of anilines is 2. The predicted octanol–water partition coefficient (Wildman–Crippen LogP) is 3.75. The van der Waals surface area contributed by atoms with Gasteiger partial charge in [0.15, 0.2) is 6.10 Å². The lowest BCUT2D eigenvalue weighted by molar-refractivity contribution is -0.122. The van der Waals surface area contributed by atoms with Crippen molar-refractivity contribution < 1.29 is 27.4 Å². The summed E-state index contributed by atoms with van der Waals surface area (Å²) in [4.78, 5) is 13.2. The number of nitrogens with zero attached hydrogens (tertiary/aromatic N) is 1. The van der Waals surface area contributed by atoms with Crippen LogP contribution in [0.25, 0.3) is 0 Å². The number of methoxy groups -OCH3 is 2. The van der Waals surface area contributed by atoms with Crippen molar-refractivity contribution >= 4 is 27.3 Å². The number of aryl methyl sites for hydroxylation is 1. The lowest BCUT2D eigenvalue weighted by Crippen LogP contribution is -2.48. The number of benzene rings is 3. The summed E-state index contributed by atoms with van der Waals surface area (Å²) in [6, 6.07) is 18.6. The molecule has 0 saturated heterocycles. The highest BCUT2D eigenvalue weighted by molar-refractivity contribution is 7.92. The first-order valence-corrected chi connectivity index (χ1v) is 12.1. The van der Waals surface area contributed by atoms with Crippen molar-refractivity contribution in [3.05, 3.63) is 77.9 Å². The van der Waals surface area contributed by atoms with Gasteiger partial charge in [-0.3, -0.25) is 9.10 Å². The minimum absolute atomic E-state index is 0.0917. The van der Waals surface area contributed by atoms with Gasteiger partial charge in [0, 0.05) is 12.8 Å². The third kappa shape index (κ3) is 4.85. The molecule has 1 heterocycles. The molecule has 1 N–H and O–H groups in total. The van der Waals surface area contributed by atoms with Crippen LogP contribution < -0.4 is 19.1 Å². The maximum atomic E-state index is 13.6. The first-order chi connectivity index (χ1) is 16.3. The fourth-order valence-corrected chi connectivity index (χ4v) is 5.20. The predicted molar refractivity (Wildman–Crippen MR) is 129 cm³/mol. The Bertz CT molecular complexity index is 1290. The molecule has 9 heteroatoms. The number of rotatable bonds is 7. The van der Waals surface area contributed by atoms with E-state index in [0.29, 0.717) is 29.5 Å². The van der Waals surface area contributed by atoms with Crippen LogP contribution in [0.1, 0.15) is 11.1 Å². The molecule has 1 aliphatic rings. The van der Waals surface area contributed by atoms with Gasteiger partial charge in [-0.2, -0.15) is 0 Å². The van der Waals surface area contributed by atoms with Crippen LogP contribution in [0.15, 0.2) is 71.6 Å². The van der Waals surface area contributed by atoms with Crippen LogP contribution in [0.2, 0.25) is 0 Å². The second-order valence-corrected chi connectivity index (χ2v) is 9.77. The van der Waals surface area contributed by atoms with Gasteiger partial charge in [0.2, 0.25) is 0 Å². The van der Waals surface area contributed by atoms with Crippen molar-refractivity contribution in [2.75, 3.05) is 30.4 Å². The van der Waals surface area contributed by atoms with E-state index in [1.807, 2.05) is 25.1 Å². The van der Waals surface area contributed by atoms with Crippen LogP contribution >= 0.6 is 0 Å². The fraction of sp³-hybridized carbons (Fsp3) is 0.240. The average molecular weight is 483 g/mol. The summed E-state index contributed by atoms with van der Waals surface area (Å²) in [7, 11) is -0.861. The molecular weight excluding hydrogens is 456 g/mol. The lowest BCUT2D eigenvalue weighted by atomic mass is 10.1. The number of hydrogen-bond acceptors (Lipinski definition) is 6. The smallest absolute Gasteiger partial charge is 0.267 e. The van der Waals surface area contributed by atoms with Crippen LogP contribution in [-0.4, -0.2) is 41.2 Å². The topological polar surface area (TPSA) is 94.2 Å². The van der Waals surface area contributed by atoms with Gasteiger partial charge < -0.3 is 19.5 Å². The van der Waals surface area contributed by atoms with Crippen LogP contribution in [0, 0.1) is 6.92 Å². The van der Waals surface area contributed by atoms with Gasteiger partial charge in [0.25, 0.3) is 15.9 Å². The molecule has 0 radical (unpaired) electrons. The SMILES string of the molecule is COCc1cccc(NC(=O)[C@H]2CN(S(=O)(=O)c3ccc(OC)cc3)c3cc(C)ccc3O2)c1. The molecule has 3 aromatic carbocycles. The summed E-state index contributed by atoms with van der Waals surface area (Å²) in [6.45, 7) is 2.10. The van der Waals surface area contributed by atoms with Crippen molar-refractivity contribution in [3.8, 4) is 11.5 Å². The van der Waals surface area contributed by atoms with E-state index in [-0.39, 0.29) is 11.4 Å². The Morgan fingerprint density at radius 3 is 2.56 bits per heavy atom. The minimum Gasteiger partial charge on any atom is -0.497 e. The summed E-state index contributed by atoms with van der Waals surface area (Å²) >= 11 is 0. The Hall–Kier alpha value is -3.56. The zero-order valence-corrected chi connectivity index (χ0v) is 20.0. The number of nitrogens with one attached hydrogen (secondary N) is 1. The second-order valence-electron chi connectivity index (χ2n) is 7.91. The summed E-state index contributed by atoms with van der Waals surface area (Å²) in [5, 5.41) is 2.82. The van der Waals surface area contributed by atoms with Gasteiger partial charge >= 0.3 is 0 Å². The van der Waals surface area contributed by atoms with Gasteiger partial charge in [-0.15, -0.1) is 0 Å². The van der Waals surface area contributed by atoms with Crippen LogP contribution in [-0.2, 0) is 26.2 Å². The van der Waals surface area contributed by atoms with Crippen molar-refractivity contribution in [1.29, 1.82) is 0 Å². The van der Waals surface area contributed by atoms with E-state index in [9.17, 15) is 13.2 Å². The molecule has 0 unspecified atom stereocenters. The highest BCUT2D eigenvalue weighted by atomic mass is 32.2. The summed E-state index contributed by atoms with van der Waals surface area (Å²) in [5.41, 5.74) is 2.73. The maximum Gasteiger partial charge on any atom is 0.267 e. The van der Waals surface area contributed by atoms with Gasteiger partial charge in [0.1, 0.15) is 11.5 Å². The van der Waals surface area contributed by atoms with Gasteiger partial charge in [-0.25, -0.2) is 8.42 Å². The van der Waals surface area contributed by atoms with Crippen LogP contribution in [0.5, 0.6) is 11.5 Å². The zero-order valence-electron chi connectivity index (χ0n) is 19.1. The van der Waals surface area contributed by atoms with E-state index in [1.54, 1.807) is 43.5 Å². The minimum atomic E-state index is -3.97. The molecular formula is C25H26N2O6S. The third-order valence-corrected chi connectivity index (χ3v) is 7.22. The van der Waals surface area contributed by atoms with E-state index in [4.69, 9.17) is 14.2 Å². The molecule has 0 aromatic heterocycles. The quantitative estimate of drug-likeness (QED) is 0.551. The molecule has 8 nitrogen and oxygen atoms in total. The molecule has 0 aliphatic carbocycles. The molecule has 0 bridgehead atoms. The number of ether oxygens (including phenoxy) is 3. The Morgan fingerprint density at radius 1 is 1.09 bits per heavy atom. The monoisotopic (exact) mass is 482 g/mol. The normalized spacial score (nSPS) is 15.3. The Labute approximate surface area is 199 Å². The molecule has 34 heavy (non-hydrogen) atoms. The van der Waals surface area contributed by atoms with E-state index < -0.39 is 22.0 Å². The molecule has 1 aliphatic heterocycles. The lowest BCUT2D eigenvalue weighted by Gasteiger charge is -2.35. The average Bonchev–Trinajstić information content (AvgIpc) is 2.83. The van der Waals surface area contributed by atoms with E-state index in [0.717, 1.165) is 11.1 Å². The van der Waals surface area contributed by atoms with Crippen LogP contribution in [0.4, 0.5) is 11.4 Å². The standard InChI is InChI=1S/C25H26N2O6S/c1-17-7-12-23-22(13-17)27(34(29,30)21-10-8-20(32-3)9-11-21)15-24(33-23)25(28)26-19-6-4-5-18(14-19)16-31-2/h4-14,24H,15-16H2,1-3H3,(H,26,28)/t24-/m1/s1. The second kappa shape index (κ2) is 9.74. The summed E-state index contributed by atoms with van der Waals surface area (Å²) in [6.07, 6.45) is -1.05. The van der Waals surface area contributed by atoms with Crippen molar-refractivity contribution in [1.82, 2.24) is 0 Å². The van der Waals surface area contributed by atoms with E-state index in [2.05, 4.69) is 5.32 Å². The number of fused-ring (bicyclic) bond motifs is 1. The number of carbonyl (C=O) groups is 1. The Balaban J connectivity index is 1.65. The molecule has 0 spiro atoms. The van der Waals surface area contributed by atoms with Gasteiger partial charge in [-0.05, 0) is 66.6 Å². The molecule has 4 rings (SSSR count). The van der Waals surface area contributed by atoms with Crippen molar-refractivity contribution in [2.24, 2.45) is 0 Å². The largest absolute Gasteiger partial charge is 0.497 e. The number of amides is 1. The molecule has 1 amide bonds. The first kappa shape index (κ1) is 23.6. The maximum absolute atomic E-state index is 13.6. The fourth-order valence-electron chi connectivity index (χ4n) is 3.73.